The van der Waals surface area contributed by atoms with Gasteiger partial charge in [0, 0.05) is 31.3 Å². The number of aromatic hydroxyl groups is 1. The van der Waals surface area contributed by atoms with Crippen molar-refractivity contribution in [2.45, 2.75) is 18.9 Å². The minimum Gasteiger partial charge on any atom is -0.508 e. The first-order chi connectivity index (χ1) is 14.9. The molecule has 1 amide bonds. The van der Waals surface area contributed by atoms with E-state index < -0.39 is 0 Å². The quantitative estimate of drug-likeness (QED) is 0.606. The van der Waals surface area contributed by atoms with E-state index >= 15 is 0 Å². The molecule has 162 valence electrons. The van der Waals surface area contributed by atoms with Gasteiger partial charge in [0.15, 0.2) is 5.65 Å². The van der Waals surface area contributed by atoms with E-state index in [2.05, 4.69) is 9.97 Å². The van der Waals surface area contributed by atoms with Gasteiger partial charge in [0.1, 0.15) is 23.6 Å². The highest BCUT2D eigenvalue weighted by Gasteiger charge is 2.28. The van der Waals surface area contributed by atoms with Crippen LogP contribution in [0.3, 0.4) is 0 Å². The van der Waals surface area contributed by atoms with E-state index in [1.165, 1.54) is 6.33 Å². The minimum atomic E-state index is -0.0115. The second-order valence-corrected chi connectivity index (χ2v) is 8.04. The zero-order valence-electron chi connectivity index (χ0n) is 17.8. The number of nitrogen functional groups attached to an aromatic ring is 1. The first-order valence-electron chi connectivity index (χ1n) is 10.3. The van der Waals surface area contributed by atoms with Crippen LogP contribution >= 0.6 is 0 Å². The number of fused-ring (bicyclic) bond motifs is 1. The summed E-state index contributed by atoms with van der Waals surface area (Å²) in [5.41, 5.74) is 8.33. The Hall–Kier alpha value is -3.46. The zero-order valence-corrected chi connectivity index (χ0v) is 17.8. The molecule has 1 fully saturated rings. The first kappa shape index (κ1) is 20.8. The van der Waals surface area contributed by atoms with Crippen molar-refractivity contribution in [2.24, 2.45) is 0 Å². The number of benzene rings is 1. The van der Waals surface area contributed by atoms with Crippen LogP contribution in [-0.2, 0) is 4.79 Å². The Morgan fingerprint density at radius 3 is 2.81 bits per heavy atom. The highest BCUT2D eigenvalue weighted by molar-refractivity contribution is 5.98. The smallest absolute Gasteiger partial charge is 0.246 e. The Bertz CT molecular complexity index is 1100. The number of phenols is 1. The second-order valence-electron chi connectivity index (χ2n) is 8.04. The van der Waals surface area contributed by atoms with Crippen LogP contribution in [0.25, 0.3) is 22.3 Å². The normalized spacial score (nSPS) is 17.1. The molecule has 4 rings (SSSR count). The number of anilines is 1. The van der Waals surface area contributed by atoms with Crippen LogP contribution in [0.15, 0.2) is 42.7 Å². The lowest BCUT2D eigenvalue weighted by Crippen LogP contribution is -2.40. The molecule has 9 heteroatoms. The molecule has 0 aliphatic carbocycles. The monoisotopic (exact) mass is 421 g/mol. The fourth-order valence-corrected chi connectivity index (χ4v) is 3.90. The predicted octanol–water partition coefficient (Wildman–Crippen LogP) is 2.06. The highest BCUT2D eigenvalue weighted by atomic mass is 16.3. The third kappa shape index (κ3) is 4.36. The molecule has 31 heavy (non-hydrogen) atoms. The molecule has 1 saturated heterocycles. The molecule has 1 atom stereocenters. The van der Waals surface area contributed by atoms with Gasteiger partial charge in [-0.25, -0.2) is 14.6 Å². The molecular formula is C22H27N7O2. The SMILES string of the molecule is CN(C)C/C=C/C(=O)N1CCC[C@@H](n2nc(-c3ccc(O)cc3)c3c(N)ncnc32)C1. The summed E-state index contributed by atoms with van der Waals surface area (Å²) < 4.78 is 1.87. The molecule has 3 aromatic rings. The average molecular weight is 422 g/mol. The van der Waals surface area contributed by atoms with Crippen LogP contribution < -0.4 is 5.73 Å². The maximum absolute atomic E-state index is 12.7. The van der Waals surface area contributed by atoms with E-state index in [-0.39, 0.29) is 17.7 Å². The summed E-state index contributed by atoms with van der Waals surface area (Å²) in [7, 11) is 3.93. The molecule has 0 unspecified atom stereocenters. The van der Waals surface area contributed by atoms with Crippen LogP contribution in [0, 0.1) is 0 Å². The van der Waals surface area contributed by atoms with Gasteiger partial charge >= 0.3 is 0 Å². The van der Waals surface area contributed by atoms with E-state index in [0.29, 0.717) is 29.1 Å². The van der Waals surface area contributed by atoms with Crippen LogP contribution in [0.4, 0.5) is 5.82 Å². The van der Waals surface area contributed by atoms with Gasteiger partial charge in [0.2, 0.25) is 5.91 Å². The summed E-state index contributed by atoms with van der Waals surface area (Å²) in [4.78, 5) is 25.1. The van der Waals surface area contributed by atoms with Crippen molar-refractivity contribution in [1.82, 2.24) is 29.5 Å². The number of hydrogen-bond acceptors (Lipinski definition) is 7. The van der Waals surface area contributed by atoms with Gasteiger partial charge in [-0.1, -0.05) is 6.08 Å². The fraction of sp³-hybridized carbons (Fsp3) is 0.364. The average Bonchev–Trinajstić information content (AvgIpc) is 3.15. The van der Waals surface area contributed by atoms with Crippen LogP contribution in [-0.4, -0.2) is 74.3 Å². The summed E-state index contributed by atoms with van der Waals surface area (Å²) in [6, 6.07) is 6.80. The predicted molar refractivity (Wildman–Crippen MR) is 119 cm³/mol. The standard InChI is InChI=1S/C22H27N7O2/c1-27(2)11-4-6-18(31)28-12-3-5-16(13-28)29-22-19(21(23)24-14-25-22)20(26-29)15-7-9-17(30)10-8-15/h4,6-10,14,16,30H,3,5,11-13H2,1-2H3,(H2,23,24,25)/b6-4+/t16-/m1/s1. The number of piperidine rings is 1. The minimum absolute atomic E-state index is 0.0101. The van der Waals surface area contributed by atoms with Gasteiger partial charge in [-0.15, -0.1) is 0 Å². The summed E-state index contributed by atoms with van der Waals surface area (Å²) in [5.74, 6) is 0.547. The van der Waals surface area contributed by atoms with Gasteiger partial charge in [-0.2, -0.15) is 5.10 Å². The van der Waals surface area contributed by atoms with Crippen molar-refractivity contribution in [3.63, 3.8) is 0 Å². The molecule has 3 N–H and O–H groups in total. The van der Waals surface area contributed by atoms with E-state index in [1.807, 2.05) is 34.7 Å². The Labute approximate surface area is 180 Å². The number of phenolic OH excluding ortho intramolecular Hbond substituents is 1. The van der Waals surface area contributed by atoms with Crippen molar-refractivity contribution in [2.75, 3.05) is 39.5 Å². The molecule has 0 saturated carbocycles. The van der Waals surface area contributed by atoms with E-state index in [1.54, 1.807) is 30.3 Å². The number of amides is 1. The Morgan fingerprint density at radius 2 is 2.06 bits per heavy atom. The molecule has 9 nitrogen and oxygen atoms in total. The van der Waals surface area contributed by atoms with Crippen molar-refractivity contribution >= 4 is 22.8 Å². The number of likely N-dealkylation sites (N-methyl/N-ethyl adjacent to an activating group) is 1. The third-order valence-corrected chi connectivity index (χ3v) is 5.44. The number of likely N-dealkylation sites (tertiary alicyclic amines) is 1. The van der Waals surface area contributed by atoms with Gasteiger partial charge in [0.05, 0.1) is 11.4 Å². The third-order valence-electron chi connectivity index (χ3n) is 5.44. The van der Waals surface area contributed by atoms with E-state index in [4.69, 9.17) is 10.8 Å². The molecule has 0 bridgehead atoms. The molecule has 0 radical (unpaired) electrons. The topological polar surface area (TPSA) is 113 Å². The Morgan fingerprint density at radius 1 is 1.29 bits per heavy atom. The lowest BCUT2D eigenvalue weighted by atomic mass is 10.1. The van der Waals surface area contributed by atoms with E-state index in [9.17, 15) is 9.90 Å². The summed E-state index contributed by atoms with van der Waals surface area (Å²) in [6.45, 7) is 2.00. The Kier molecular flexibility index (Phi) is 5.85. The number of hydrogen-bond donors (Lipinski definition) is 2. The van der Waals surface area contributed by atoms with Crippen LogP contribution in [0.5, 0.6) is 5.75 Å². The van der Waals surface area contributed by atoms with Gasteiger partial charge in [-0.05, 0) is 51.2 Å². The van der Waals surface area contributed by atoms with Gasteiger partial charge in [-0.3, -0.25) is 4.79 Å². The lowest BCUT2D eigenvalue weighted by molar-refractivity contribution is -0.127. The number of nitrogens with two attached hydrogens (primary N) is 1. The maximum Gasteiger partial charge on any atom is 0.246 e. The fourth-order valence-electron chi connectivity index (χ4n) is 3.90. The molecule has 0 spiro atoms. The van der Waals surface area contributed by atoms with Crippen molar-refractivity contribution in [1.29, 1.82) is 0 Å². The second kappa shape index (κ2) is 8.73. The van der Waals surface area contributed by atoms with E-state index in [0.717, 1.165) is 31.5 Å². The van der Waals surface area contributed by atoms with Crippen LogP contribution in [0.2, 0.25) is 0 Å². The number of rotatable bonds is 5. The first-order valence-corrected chi connectivity index (χ1v) is 10.3. The molecule has 1 aliphatic heterocycles. The van der Waals surface area contributed by atoms with Crippen molar-refractivity contribution < 1.29 is 9.90 Å². The number of nitrogens with zero attached hydrogens (tertiary/aromatic N) is 6. The molecular weight excluding hydrogens is 394 g/mol. The number of carbonyl (C=O) groups excluding carboxylic acids is 1. The Balaban J connectivity index is 1.66. The highest BCUT2D eigenvalue weighted by Crippen LogP contribution is 2.34. The molecule has 1 aliphatic rings. The van der Waals surface area contributed by atoms with Gasteiger partial charge < -0.3 is 20.6 Å². The zero-order chi connectivity index (χ0) is 22.0. The van der Waals surface area contributed by atoms with Crippen molar-refractivity contribution in [3.8, 4) is 17.0 Å². The number of carbonyl (C=O) groups is 1. The summed E-state index contributed by atoms with van der Waals surface area (Å²) in [6.07, 6.45) is 6.74. The lowest BCUT2D eigenvalue weighted by Gasteiger charge is -2.32. The van der Waals surface area contributed by atoms with Crippen LogP contribution in [0.1, 0.15) is 18.9 Å². The summed E-state index contributed by atoms with van der Waals surface area (Å²) in [5, 5.41) is 15.2. The summed E-state index contributed by atoms with van der Waals surface area (Å²) >= 11 is 0. The largest absolute Gasteiger partial charge is 0.508 e. The maximum atomic E-state index is 12.7. The molecule has 2 aromatic heterocycles. The number of aromatic nitrogens is 4. The molecule has 3 heterocycles. The van der Waals surface area contributed by atoms with Gasteiger partial charge in [0.25, 0.3) is 0 Å². The van der Waals surface area contributed by atoms with Crippen molar-refractivity contribution in [3.05, 3.63) is 42.7 Å². The molecule has 1 aromatic carbocycles.